The summed E-state index contributed by atoms with van der Waals surface area (Å²) in [6.45, 7) is 4.43. The van der Waals surface area contributed by atoms with Gasteiger partial charge in [-0.2, -0.15) is 0 Å². The molecule has 1 aliphatic carbocycles. The number of hydrogen-bond donors (Lipinski definition) is 1. The number of ketones is 1. The van der Waals surface area contributed by atoms with Crippen molar-refractivity contribution >= 4 is 22.1 Å². The molecule has 1 aromatic heterocycles. The van der Waals surface area contributed by atoms with Gasteiger partial charge in [0.1, 0.15) is 0 Å². The number of carbonyl (C=O) groups excluding carboxylic acids is 1. The molecule has 1 atom stereocenters. The first kappa shape index (κ1) is 13.6. The molecule has 0 spiro atoms. The molecule has 0 aromatic carbocycles. The summed E-state index contributed by atoms with van der Waals surface area (Å²) in [5.41, 5.74) is 8.22. The summed E-state index contributed by atoms with van der Waals surface area (Å²) in [6, 6.07) is 0. The third kappa shape index (κ3) is 2.77. The van der Waals surface area contributed by atoms with Gasteiger partial charge in [0.15, 0.2) is 5.78 Å². The first-order valence-corrected chi connectivity index (χ1v) is 7.88. The Morgan fingerprint density at radius 2 is 2.22 bits per heavy atom. The third-order valence-corrected chi connectivity index (χ3v) is 4.94. The predicted octanol–water partition coefficient (Wildman–Crippen LogP) is 4.22. The van der Waals surface area contributed by atoms with Gasteiger partial charge in [-0.15, -0.1) is 11.3 Å². The fourth-order valence-electron chi connectivity index (χ4n) is 2.75. The Morgan fingerprint density at radius 3 is 2.94 bits per heavy atom. The molecule has 1 aromatic rings. The summed E-state index contributed by atoms with van der Waals surface area (Å²) in [4.78, 5) is 13.7. The lowest BCUT2D eigenvalue weighted by Gasteiger charge is -2.18. The minimum Gasteiger partial charge on any atom is -0.390 e. The van der Waals surface area contributed by atoms with Crippen molar-refractivity contribution in [2.75, 3.05) is 5.73 Å². The van der Waals surface area contributed by atoms with Gasteiger partial charge in [-0.1, -0.05) is 26.7 Å². The van der Waals surface area contributed by atoms with Crippen molar-refractivity contribution < 1.29 is 4.79 Å². The lowest BCUT2D eigenvalue weighted by atomic mass is 9.86. The SMILES string of the molecule is CCCCCC(=O)c1c(N)sc2c1CC(C)CC2. The van der Waals surface area contributed by atoms with Gasteiger partial charge in [-0.3, -0.25) is 4.79 Å². The molecule has 0 fully saturated rings. The van der Waals surface area contributed by atoms with Crippen molar-refractivity contribution in [1.82, 2.24) is 0 Å². The molecule has 0 radical (unpaired) electrons. The number of anilines is 1. The highest BCUT2D eigenvalue weighted by Gasteiger charge is 2.26. The van der Waals surface area contributed by atoms with E-state index >= 15 is 0 Å². The van der Waals surface area contributed by atoms with Crippen LogP contribution in [-0.4, -0.2) is 5.78 Å². The van der Waals surface area contributed by atoms with Crippen molar-refractivity contribution in [3.63, 3.8) is 0 Å². The molecule has 1 unspecified atom stereocenters. The summed E-state index contributed by atoms with van der Waals surface area (Å²) in [6.07, 6.45) is 7.32. The maximum atomic E-state index is 12.3. The molecule has 2 nitrogen and oxygen atoms in total. The van der Waals surface area contributed by atoms with Crippen molar-refractivity contribution in [3.05, 3.63) is 16.0 Å². The van der Waals surface area contributed by atoms with Crippen LogP contribution in [0.2, 0.25) is 0 Å². The molecule has 1 aliphatic rings. The van der Waals surface area contributed by atoms with E-state index in [-0.39, 0.29) is 5.78 Å². The number of nitrogen functional groups attached to an aromatic ring is 1. The number of hydrogen-bond acceptors (Lipinski definition) is 3. The van der Waals surface area contributed by atoms with Crippen molar-refractivity contribution in [3.8, 4) is 0 Å². The summed E-state index contributed by atoms with van der Waals surface area (Å²) >= 11 is 1.64. The minimum absolute atomic E-state index is 0.271. The van der Waals surface area contributed by atoms with Crippen LogP contribution in [0.3, 0.4) is 0 Å². The second-order valence-electron chi connectivity index (χ2n) is 5.47. The molecule has 1 heterocycles. The van der Waals surface area contributed by atoms with E-state index in [0.29, 0.717) is 12.3 Å². The van der Waals surface area contributed by atoms with E-state index in [0.717, 1.165) is 42.7 Å². The van der Waals surface area contributed by atoms with Crippen molar-refractivity contribution in [2.45, 2.75) is 58.8 Å². The summed E-state index contributed by atoms with van der Waals surface area (Å²) in [7, 11) is 0. The number of fused-ring (bicyclic) bond motifs is 1. The second-order valence-corrected chi connectivity index (χ2v) is 6.61. The van der Waals surface area contributed by atoms with Gasteiger partial charge < -0.3 is 5.73 Å². The molecule has 18 heavy (non-hydrogen) atoms. The monoisotopic (exact) mass is 265 g/mol. The van der Waals surface area contributed by atoms with E-state index in [1.807, 2.05) is 0 Å². The van der Waals surface area contributed by atoms with Crippen LogP contribution in [0, 0.1) is 5.92 Å². The first-order valence-electron chi connectivity index (χ1n) is 7.06. The molecule has 0 amide bonds. The van der Waals surface area contributed by atoms with E-state index in [4.69, 9.17) is 5.73 Å². The Bertz CT molecular complexity index is 436. The Balaban J connectivity index is 2.17. The van der Waals surface area contributed by atoms with Gasteiger partial charge in [0.05, 0.1) is 10.6 Å². The number of carbonyl (C=O) groups is 1. The topological polar surface area (TPSA) is 43.1 Å². The lowest BCUT2D eigenvalue weighted by molar-refractivity contribution is 0.0979. The Morgan fingerprint density at radius 1 is 1.44 bits per heavy atom. The van der Waals surface area contributed by atoms with Crippen LogP contribution in [0.5, 0.6) is 0 Å². The normalized spacial score (nSPS) is 18.7. The van der Waals surface area contributed by atoms with E-state index in [1.54, 1.807) is 11.3 Å². The van der Waals surface area contributed by atoms with Gasteiger partial charge in [-0.25, -0.2) is 0 Å². The molecular formula is C15H23NOS. The highest BCUT2D eigenvalue weighted by molar-refractivity contribution is 7.16. The zero-order valence-electron chi connectivity index (χ0n) is 11.4. The number of nitrogens with two attached hydrogens (primary N) is 1. The van der Waals surface area contributed by atoms with Crippen LogP contribution in [0.15, 0.2) is 0 Å². The number of aryl methyl sites for hydroxylation is 1. The summed E-state index contributed by atoms with van der Waals surface area (Å²) in [5.74, 6) is 0.959. The molecule has 100 valence electrons. The molecule has 0 saturated carbocycles. The van der Waals surface area contributed by atoms with Crippen molar-refractivity contribution in [1.29, 1.82) is 0 Å². The molecule has 3 heteroatoms. The van der Waals surface area contributed by atoms with Crippen LogP contribution in [0.1, 0.15) is 66.8 Å². The standard InChI is InChI=1S/C15H23NOS/c1-3-4-5-6-12(17)14-11-9-10(2)7-8-13(11)18-15(14)16/h10H,3-9,16H2,1-2H3. The Kier molecular flexibility index (Phi) is 4.44. The van der Waals surface area contributed by atoms with Gasteiger partial charge in [0.25, 0.3) is 0 Å². The number of rotatable bonds is 5. The molecule has 2 rings (SSSR count). The number of unbranched alkanes of at least 4 members (excludes halogenated alkanes) is 2. The molecule has 2 N–H and O–H groups in total. The fraction of sp³-hybridized carbons (Fsp3) is 0.667. The van der Waals surface area contributed by atoms with Crippen LogP contribution in [0.25, 0.3) is 0 Å². The summed E-state index contributed by atoms with van der Waals surface area (Å²) in [5, 5.41) is 0.760. The third-order valence-electron chi connectivity index (χ3n) is 3.82. The van der Waals surface area contributed by atoms with Crippen LogP contribution in [0.4, 0.5) is 5.00 Å². The molecule has 0 aliphatic heterocycles. The zero-order chi connectivity index (χ0) is 13.1. The zero-order valence-corrected chi connectivity index (χ0v) is 12.2. The number of Topliss-reactive ketones (excluding diaryl/α,β-unsaturated/α-hetero) is 1. The average molecular weight is 265 g/mol. The van der Waals surface area contributed by atoms with Gasteiger partial charge in [-0.05, 0) is 37.2 Å². The quantitative estimate of drug-likeness (QED) is 0.640. The average Bonchev–Trinajstić information content (AvgIpc) is 2.64. The van der Waals surface area contributed by atoms with Gasteiger partial charge in [0.2, 0.25) is 0 Å². The Hall–Kier alpha value is -0.830. The largest absolute Gasteiger partial charge is 0.390 e. The van der Waals surface area contributed by atoms with Crippen LogP contribution < -0.4 is 5.73 Å². The van der Waals surface area contributed by atoms with E-state index in [1.165, 1.54) is 16.9 Å². The van der Waals surface area contributed by atoms with Crippen LogP contribution in [-0.2, 0) is 12.8 Å². The summed E-state index contributed by atoms with van der Waals surface area (Å²) < 4.78 is 0. The minimum atomic E-state index is 0.271. The maximum absolute atomic E-state index is 12.3. The smallest absolute Gasteiger partial charge is 0.166 e. The molecular weight excluding hydrogens is 242 g/mol. The Labute approximate surface area is 114 Å². The maximum Gasteiger partial charge on any atom is 0.166 e. The van der Waals surface area contributed by atoms with E-state index < -0.39 is 0 Å². The highest BCUT2D eigenvalue weighted by atomic mass is 32.1. The van der Waals surface area contributed by atoms with Gasteiger partial charge in [0, 0.05) is 11.3 Å². The highest BCUT2D eigenvalue weighted by Crippen LogP contribution is 2.38. The molecule has 0 bridgehead atoms. The van der Waals surface area contributed by atoms with Crippen molar-refractivity contribution in [2.24, 2.45) is 5.92 Å². The van der Waals surface area contributed by atoms with E-state index in [9.17, 15) is 4.79 Å². The predicted molar refractivity (Wildman–Crippen MR) is 78.4 cm³/mol. The van der Waals surface area contributed by atoms with Gasteiger partial charge >= 0.3 is 0 Å². The van der Waals surface area contributed by atoms with E-state index in [2.05, 4.69) is 13.8 Å². The number of thiophene rings is 1. The lowest BCUT2D eigenvalue weighted by Crippen LogP contribution is -2.13. The first-order chi connectivity index (χ1) is 8.63. The van der Waals surface area contributed by atoms with Crippen LogP contribution >= 0.6 is 11.3 Å². The second kappa shape index (κ2) is 5.87. The fourth-order valence-corrected chi connectivity index (χ4v) is 3.88. The molecule has 0 saturated heterocycles.